The predicted octanol–water partition coefficient (Wildman–Crippen LogP) is 3.63. The van der Waals surface area contributed by atoms with Crippen molar-refractivity contribution in [3.63, 3.8) is 0 Å². The number of nitrogens with one attached hydrogen (secondary N) is 2. The van der Waals surface area contributed by atoms with E-state index in [9.17, 15) is 9.59 Å². The summed E-state index contributed by atoms with van der Waals surface area (Å²) >= 11 is 0. The molecule has 5 heteroatoms. The van der Waals surface area contributed by atoms with Gasteiger partial charge in [-0.1, -0.05) is 18.2 Å². The molecule has 122 valence electrons. The van der Waals surface area contributed by atoms with Crippen molar-refractivity contribution in [2.45, 2.75) is 19.3 Å². The van der Waals surface area contributed by atoms with Crippen LogP contribution in [0.2, 0.25) is 0 Å². The third-order valence-corrected chi connectivity index (χ3v) is 3.89. The Hall–Kier alpha value is -2.95. The molecule has 2 amide bonds. The smallest absolute Gasteiger partial charge is 0.257 e. The SMILES string of the molecule is O=C(C[C@@H]1C=CCC1)Nc1cccc(NC(=O)c2cccnc2)c1. The molecule has 0 unspecified atom stereocenters. The van der Waals surface area contributed by atoms with Gasteiger partial charge in [0.1, 0.15) is 0 Å². The molecule has 24 heavy (non-hydrogen) atoms. The van der Waals surface area contributed by atoms with Crippen LogP contribution in [-0.2, 0) is 4.79 Å². The molecule has 1 aliphatic rings. The Bertz CT molecular complexity index is 756. The first-order chi connectivity index (χ1) is 11.7. The number of hydrogen-bond acceptors (Lipinski definition) is 3. The Morgan fingerprint density at radius 2 is 1.96 bits per heavy atom. The minimum atomic E-state index is -0.234. The topological polar surface area (TPSA) is 71.1 Å². The largest absolute Gasteiger partial charge is 0.326 e. The number of aromatic nitrogens is 1. The normalized spacial score (nSPS) is 15.9. The monoisotopic (exact) mass is 321 g/mol. The van der Waals surface area contributed by atoms with E-state index in [1.54, 1.807) is 36.5 Å². The molecular formula is C19H19N3O2. The van der Waals surface area contributed by atoms with E-state index in [2.05, 4.69) is 27.8 Å². The molecule has 0 saturated heterocycles. The van der Waals surface area contributed by atoms with Crippen molar-refractivity contribution in [3.05, 3.63) is 66.5 Å². The van der Waals surface area contributed by atoms with E-state index in [4.69, 9.17) is 0 Å². The molecule has 2 aromatic rings. The lowest BCUT2D eigenvalue weighted by molar-refractivity contribution is -0.116. The summed E-state index contributed by atoms with van der Waals surface area (Å²) in [4.78, 5) is 28.1. The first kappa shape index (κ1) is 15.9. The average Bonchev–Trinajstić information content (AvgIpc) is 3.08. The highest BCUT2D eigenvalue weighted by molar-refractivity contribution is 6.04. The molecule has 0 radical (unpaired) electrons. The van der Waals surface area contributed by atoms with E-state index in [1.165, 1.54) is 6.20 Å². The molecule has 1 atom stereocenters. The summed E-state index contributed by atoms with van der Waals surface area (Å²) in [6.45, 7) is 0. The van der Waals surface area contributed by atoms with Gasteiger partial charge in [-0.2, -0.15) is 0 Å². The molecule has 0 bridgehead atoms. The van der Waals surface area contributed by atoms with Crippen molar-refractivity contribution in [2.24, 2.45) is 5.92 Å². The van der Waals surface area contributed by atoms with E-state index in [1.807, 2.05) is 6.07 Å². The fourth-order valence-corrected chi connectivity index (χ4v) is 2.69. The first-order valence-electron chi connectivity index (χ1n) is 7.98. The fourth-order valence-electron chi connectivity index (χ4n) is 2.69. The summed E-state index contributed by atoms with van der Waals surface area (Å²) in [7, 11) is 0. The van der Waals surface area contributed by atoms with Crippen LogP contribution in [0.4, 0.5) is 11.4 Å². The van der Waals surface area contributed by atoms with Gasteiger partial charge in [0.05, 0.1) is 5.56 Å². The third-order valence-electron chi connectivity index (χ3n) is 3.89. The lowest BCUT2D eigenvalue weighted by Gasteiger charge is -2.10. The summed E-state index contributed by atoms with van der Waals surface area (Å²) in [5, 5.41) is 5.69. The number of allylic oxidation sites excluding steroid dienone is 2. The molecule has 1 aromatic carbocycles. The van der Waals surface area contributed by atoms with Crippen LogP contribution < -0.4 is 10.6 Å². The lowest BCUT2D eigenvalue weighted by atomic mass is 10.1. The van der Waals surface area contributed by atoms with Crippen LogP contribution in [0.15, 0.2) is 60.9 Å². The molecule has 1 heterocycles. The molecule has 0 spiro atoms. The molecular weight excluding hydrogens is 302 g/mol. The van der Waals surface area contributed by atoms with E-state index in [-0.39, 0.29) is 11.8 Å². The highest BCUT2D eigenvalue weighted by Crippen LogP contribution is 2.22. The molecule has 0 fully saturated rings. The Kier molecular flexibility index (Phi) is 5.01. The Morgan fingerprint density at radius 3 is 2.67 bits per heavy atom. The van der Waals surface area contributed by atoms with Gasteiger partial charge < -0.3 is 10.6 Å². The number of benzene rings is 1. The van der Waals surface area contributed by atoms with Gasteiger partial charge in [-0.25, -0.2) is 0 Å². The maximum atomic E-state index is 12.1. The minimum Gasteiger partial charge on any atom is -0.326 e. The molecule has 3 rings (SSSR count). The van der Waals surface area contributed by atoms with Crippen molar-refractivity contribution < 1.29 is 9.59 Å². The number of nitrogens with zero attached hydrogens (tertiary/aromatic N) is 1. The number of carbonyl (C=O) groups is 2. The van der Waals surface area contributed by atoms with Gasteiger partial charge in [-0.3, -0.25) is 14.6 Å². The van der Waals surface area contributed by atoms with Crippen LogP contribution in [-0.4, -0.2) is 16.8 Å². The number of amides is 2. The number of carbonyl (C=O) groups excluding carboxylic acids is 2. The quantitative estimate of drug-likeness (QED) is 0.826. The van der Waals surface area contributed by atoms with Crippen LogP contribution in [0.5, 0.6) is 0 Å². The van der Waals surface area contributed by atoms with Crippen LogP contribution in [0.25, 0.3) is 0 Å². The molecule has 5 nitrogen and oxygen atoms in total. The van der Waals surface area contributed by atoms with Crippen molar-refractivity contribution in [1.29, 1.82) is 0 Å². The number of rotatable bonds is 5. The molecule has 0 saturated carbocycles. The number of anilines is 2. The Balaban J connectivity index is 1.60. The minimum absolute atomic E-state index is 0.0118. The van der Waals surface area contributed by atoms with Gasteiger partial charge in [-0.05, 0) is 49.1 Å². The van der Waals surface area contributed by atoms with Crippen LogP contribution in [0.1, 0.15) is 29.6 Å². The van der Waals surface area contributed by atoms with Crippen molar-refractivity contribution >= 4 is 23.2 Å². The van der Waals surface area contributed by atoms with Gasteiger partial charge in [0.2, 0.25) is 5.91 Å². The van der Waals surface area contributed by atoms with Crippen LogP contribution in [0.3, 0.4) is 0 Å². The average molecular weight is 321 g/mol. The molecule has 0 aliphatic heterocycles. The van der Waals surface area contributed by atoms with E-state index in [0.717, 1.165) is 12.8 Å². The van der Waals surface area contributed by atoms with Gasteiger partial charge in [-0.15, -0.1) is 0 Å². The summed E-state index contributed by atoms with van der Waals surface area (Å²) in [5.41, 5.74) is 1.79. The Morgan fingerprint density at radius 1 is 1.12 bits per heavy atom. The van der Waals surface area contributed by atoms with Crippen molar-refractivity contribution in [3.8, 4) is 0 Å². The van der Waals surface area contributed by atoms with Gasteiger partial charge in [0.15, 0.2) is 0 Å². The molecule has 1 aliphatic carbocycles. The zero-order valence-corrected chi connectivity index (χ0v) is 13.2. The zero-order chi connectivity index (χ0) is 16.8. The second-order valence-corrected chi connectivity index (χ2v) is 5.79. The molecule has 1 aromatic heterocycles. The predicted molar refractivity (Wildman–Crippen MR) is 93.7 cm³/mol. The van der Waals surface area contributed by atoms with E-state index in [0.29, 0.717) is 29.3 Å². The lowest BCUT2D eigenvalue weighted by Crippen LogP contribution is -2.15. The third kappa shape index (κ3) is 4.29. The maximum absolute atomic E-state index is 12.1. The van der Waals surface area contributed by atoms with Gasteiger partial charge >= 0.3 is 0 Å². The van der Waals surface area contributed by atoms with E-state index < -0.39 is 0 Å². The summed E-state index contributed by atoms with van der Waals surface area (Å²) in [5.74, 6) is 0.0865. The maximum Gasteiger partial charge on any atom is 0.257 e. The highest BCUT2D eigenvalue weighted by atomic mass is 16.2. The van der Waals surface area contributed by atoms with Gasteiger partial charge in [0.25, 0.3) is 5.91 Å². The number of hydrogen-bond donors (Lipinski definition) is 2. The van der Waals surface area contributed by atoms with Crippen LogP contribution >= 0.6 is 0 Å². The summed E-state index contributed by atoms with van der Waals surface area (Å²) in [6.07, 6.45) is 9.92. The van der Waals surface area contributed by atoms with Crippen molar-refractivity contribution in [1.82, 2.24) is 4.98 Å². The Labute approximate surface area is 140 Å². The fraction of sp³-hybridized carbons (Fsp3) is 0.211. The molecule has 2 N–H and O–H groups in total. The van der Waals surface area contributed by atoms with Crippen LogP contribution in [0, 0.1) is 5.92 Å². The van der Waals surface area contributed by atoms with Crippen molar-refractivity contribution in [2.75, 3.05) is 10.6 Å². The van der Waals surface area contributed by atoms with E-state index >= 15 is 0 Å². The highest BCUT2D eigenvalue weighted by Gasteiger charge is 2.14. The standard InChI is InChI=1S/C19H19N3O2/c23-18(11-14-5-1-2-6-14)21-16-8-3-9-17(12-16)22-19(24)15-7-4-10-20-13-15/h1,3-5,7-10,12-14H,2,6,11H2,(H,21,23)(H,22,24)/t14-/m1/s1. The summed E-state index contributed by atoms with van der Waals surface area (Å²) in [6, 6.07) is 10.5. The second kappa shape index (κ2) is 7.55. The first-order valence-corrected chi connectivity index (χ1v) is 7.98. The number of pyridine rings is 1. The second-order valence-electron chi connectivity index (χ2n) is 5.79. The van der Waals surface area contributed by atoms with Gasteiger partial charge in [0, 0.05) is 30.2 Å². The summed E-state index contributed by atoms with van der Waals surface area (Å²) < 4.78 is 0. The zero-order valence-electron chi connectivity index (χ0n) is 13.2.